The zero-order valence-corrected chi connectivity index (χ0v) is 25.8. The number of hydrogen-bond donors (Lipinski definition) is 1. The first-order valence-corrected chi connectivity index (χ1v) is 13.3. The van der Waals surface area contributed by atoms with Crippen LogP contribution in [0.15, 0.2) is 53.5 Å². The maximum absolute atomic E-state index is 12.9. The molecule has 0 radical (unpaired) electrons. The monoisotopic (exact) mass is 597 g/mol. The number of methoxy groups -OCH3 is 2. The Morgan fingerprint density at radius 1 is 0.884 bits per heavy atom. The van der Waals surface area contributed by atoms with Crippen LogP contribution >= 0.6 is 0 Å². The van der Waals surface area contributed by atoms with E-state index in [2.05, 4.69) is 9.73 Å². The molecular formula is C31H39N3O9. The van der Waals surface area contributed by atoms with E-state index in [0.717, 1.165) is 0 Å². The molecule has 43 heavy (non-hydrogen) atoms. The van der Waals surface area contributed by atoms with Crippen molar-refractivity contribution in [3.63, 3.8) is 0 Å². The highest BCUT2D eigenvalue weighted by molar-refractivity contribution is 6.08. The van der Waals surface area contributed by atoms with Gasteiger partial charge in [0, 0.05) is 5.56 Å². The minimum Gasteiger partial charge on any atom is -0.493 e. The summed E-state index contributed by atoms with van der Waals surface area (Å²) >= 11 is 0. The second-order valence-corrected chi connectivity index (χ2v) is 11.1. The number of ketones is 1. The van der Waals surface area contributed by atoms with Gasteiger partial charge in [-0.1, -0.05) is 30.3 Å². The maximum atomic E-state index is 12.9. The summed E-state index contributed by atoms with van der Waals surface area (Å²) in [7, 11) is 2.72. The Bertz CT molecular complexity index is 1360. The van der Waals surface area contributed by atoms with Crippen LogP contribution in [0.3, 0.4) is 0 Å². The highest BCUT2D eigenvalue weighted by atomic mass is 16.6. The average molecular weight is 598 g/mol. The number of allylic oxidation sites excluding steroid dienone is 1. The molecule has 2 aromatic carbocycles. The Morgan fingerprint density at radius 3 is 2.07 bits per heavy atom. The number of benzene rings is 2. The number of hydrogen-bond acceptors (Lipinski definition) is 10. The van der Waals surface area contributed by atoms with Gasteiger partial charge in [-0.2, -0.15) is 0 Å². The van der Waals surface area contributed by atoms with Crippen LogP contribution in [0.25, 0.3) is 6.08 Å². The summed E-state index contributed by atoms with van der Waals surface area (Å²) in [6, 6.07) is 11.6. The predicted octanol–water partition coefficient (Wildman–Crippen LogP) is 5.13. The number of aliphatic imine (C=N–C) groups is 1. The molecular weight excluding hydrogens is 558 g/mol. The van der Waals surface area contributed by atoms with Crippen molar-refractivity contribution in [3.8, 4) is 11.5 Å². The van der Waals surface area contributed by atoms with Crippen LogP contribution in [-0.2, 0) is 25.5 Å². The first-order chi connectivity index (χ1) is 20.0. The Hall–Kier alpha value is -4.87. The summed E-state index contributed by atoms with van der Waals surface area (Å²) in [5.41, 5.74) is 5.89. The lowest BCUT2D eigenvalue weighted by Gasteiger charge is -2.27. The van der Waals surface area contributed by atoms with Crippen molar-refractivity contribution in [2.45, 2.75) is 59.3 Å². The van der Waals surface area contributed by atoms with Gasteiger partial charge >= 0.3 is 18.2 Å². The van der Waals surface area contributed by atoms with Gasteiger partial charge in [-0.25, -0.2) is 19.4 Å². The quantitative estimate of drug-likeness (QED) is 0.103. The highest BCUT2D eigenvalue weighted by Crippen LogP contribution is 2.28. The van der Waals surface area contributed by atoms with Gasteiger partial charge in [0.1, 0.15) is 11.2 Å². The number of nitrogens with two attached hydrogens (primary N) is 1. The normalized spacial score (nSPS) is 12.0. The van der Waals surface area contributed by atoms with Crippen molar-refractivity contribution in [2.24, 2.45) is 10.7 Å². The van der Waals surface area contributed by atoms with E-state index in [1.807, 2.05) is 0 Å². The molecule has 0 aliphatic rings. The van der Waals surface area contributed by atoms with Crippen LogP contribution in [0.1, 0.15) is 63.0 Å². The number of rotatable bonds is 9. The molecule has 0 aliphatic carbocycles. The molecule has 2 rings (SSSR count). The number of carbonyl (C=O) groups is 4. The third-order valence-corrected chi connectivity index (χ3v) is 5.20. The van der Waals surface area contributed by atoms with Crippen LogP contribution in [0.2, 0.25) is 0 Å². The number of esters is 1. The van der Waals surface area contributed by atoms with Gasteiger partial charge in [0.25, 0.3) is 0 Å². The highest BCUT2D eigenvalue weighted by Gasteiger charge is 2.34. The third-order valence-electron chi connectivity index (χ3n) is 5.20. The van der Waals surface area contributed by atoms with Crippen molar-refractivity contribution in [1.82, 2.24) is 4.90 Å². The smallest absolute Gasteiger partial charge is 0.427 e. The zero-order chi connectivity index (χ0) is 32.4. The number of carbonyl (C=O) groups excluding carboxylic acids is 4. The van der Waals surface area contributed by atoms with Crippen molar-refractivity contribution in [1.29, 1.82) is 0 Å². The molecule has 12 nitrogen and oxygen atoms in total. The van der Waals surface area contributed by atoms with Crippen molar-refractivity contribution in [3.05, 3.63) is 65.2 Å². The standard InChI is InChI=1S/C31H39N3O9/c1-30(2,3)42-28(37)34(29(38)43-31(4,5)6)27(32)33-18-21-10-9-11-22(16-21)23(35)14-12-20-13-15-24(25(17-20)39-7)41-19-26(36)40-8/h9-17H,18-19H2,1-8H3,(H2,32,33)/b14-12+. The van der Waals surface area contributed by atoms with E-state index in [0.29, 0.717) is 33.1 Å². The van der Waals surface area contributed by atoms with Gasteiger partial charge in [-0.05, 0) is 76.9 Å². The van der Waals surface area contributed by atoms with Crippen LogP contribution in [0.5, 0.6) is 11.5 Å². The van der Waals surface area contributed by atoms with Crippen LogP contribution in [0, 0.1) is 0 Å². The summed E-state index contributed by atoms with van der Waals surface area (Å²) in [6.45, 7) is 9.58. The molecule has 0 atom stereocenters. The summed E-state index contributed by atoms with van der Waals surface area (Å²) in [5.74, 6) is -0.514. The van der Waals surface area contributed by atoms with Gasteiger partial charge < -0.3 is 29.4 Å². The molecule has 2 aromatic rings. The van der Waals surface area contributed by atoms with E-state index in [1.54, 1.807) is 90.1 Å². The molecule has 0 aromatic heterocycles. The van der Waals surface area contributed by atoms with Crippen molar-refractivity contribution >= 4 is 36.0 Å². The Kier molecular flexibility index (Phi) is 11.9. The van der Waals surface area contributed by atoms with E-state index in [-0.39, 0.29) is 18.9 Å². The summed E-state index contributed by atoms with van der Waals surface area (Å²) in [6.07, 6.45) is 0.943. The molecule has 2 amide bonds. The van der Waals surface area contributed by atoms with E-state index >= 15 is 0 Å². The molecule has 0 aliphatic heterocycles. The number of guanidine groups is 1. The molecule has 0 heterocycles. The fourth-order valence-corrected chi connectivity index (χ4v) is 3.31. The fraction of sp³-hybridized carbons (Fsp3) is 0.387. The predicted molar refractivity (Wildman–Crippen MR) is 160 cm³/mol. The zero-order valence-electron chi connectivity index (χ0n) is 25.8. The summed E-state index contributed by atoms with van der Waals surface area (Å²) in [5, 5.41) is 0. The van der Waals surface area contributed by atoms with Gasteiger partial charge in [-0.3, -0.25) is 4.79 Å². The topological polar surface area (TPSA) is 156 Å². The molecule has 0 saturated carbocycles. The molecule has 0 saturated heterocycles. The molecule has 0 unspecified atom stereocenters. The Balaban J connectivity index is 2.20. The van der Waals surface area contributed by atoms with Crippen LogP contribution < -0.4 is 15.2 Å². The molecule has 2 N–H and O–H groups in total. The maximum Gasteiger partial charge on any atom is 0.427 e. The van der Waals surface area contributed by atoms with E-state index in [1.165, 1.54) is 20.3 Å². The number of ether oxygens (including phenoxy) is 5. The van der Waals surface area contributed by atoms with Gasteiger partial charge in [0.2, 0.25) is 5.96 Å². The van der Waals surface area contributed by atoms with Gasteiger partial charge in [0.15, 0.2) is 23.9 Å². The van der Waals surface area contributed by atoms with Crippen molar-refractivity contribution < 1.29 is 42.9 Å². The van der Waals surface area contributed by atoms with E-state index in [4.69, 9.17) is 24.7 Å². The van der Waals surface area contributed by atoms with Gasteiger partial charge in [0.05, 0.1) is 20.8 Å². The number of amides is 2. The summed E-state index contributed by atoms with van der Waals surface area (Å²) in [4.78, 5) is 54.5. The van der Waals surface area contributed by atoms with Gasteiger partial charge in [-0.15, -0.1) is 4.90 Å². The van der Waals surface area contributed by atoms with Crippen LogP contribution in [0.4, 0.5) is 9.59 Å². The van der Waals surface area contributed by atoms with E-state index in [9.17, 15) is 19.2 Å². The van der Waals surface area contributed by atoms with Crippen LogP contribution in [-0.4, -0.2) is 66.8 Å². The lowest BCUT2D eigenvalue weighted by atomic mass is 10.1. The number of imide groups is 1. The lowest BCUT2D eigenvalue weighted by molar-refractivity contribution is -0.142. The van der Waals surface area contributed by atoms with Crippen molar-refractivity contribution in [2.75, 3.05) is 20.8 Å². The summed E-state index contributed by atoms with van der Waals surface area (Å²) < 4.78 is 25.9. The second kappa shape index (κ2) is 14.9. The molecule has 12 heteroatoms. The lowest BCUT2D eigenvalue weighted by Crippen LogP contribution is -2.50. The largest absolute Gasteiger partial charge is 0.493 e. The Morgan fingerprint density at radius 2 is 1.51 bits per heavy atom. The Labute approximate surface area is 251 Å². The average Bonchev–Trinajstić information content (AvgIpc) is 2.91. The minimum atomic E-state index is -1.03. The molecule has 0 fully saturated rings. The third kappa shape index (κ3) is 11.5. The molecule has 0 spiro atoms. The first kappa shape index (κ1) is 34.3. The molecule has 0 bridgehead atoms. The number of nitrogens with zero attached hydrogens (tertiary/aromatic N) is 2. The first-order valence-electron chi connectivity index (χ1n) is 13.3. The molecule has 232 valence electrons. The second-order valence-electron chi connectivity index (χ2n) is 11.1. The SMILES string of the molecule is COC(=O)COc1ccc(/C=C/C(=O)c2cccc(CN=C(N)N(C(=O)OC(C)(C)C)C(=O)OC(C)(C)C)c2)cc1OC. The van der Waals surface area contributed by atoms with E-state index < -0.39 is 35.3 Å². The fourth-order valence-electron chi connectivity index (χ4n) is 3.31. The minimum absolute atomic E-state index is 0.0387.